The zero-order valence-corrected chi connectivity index (χ0v) is 12.1. The zero-order valence-electron chi connectivity index (χ0n) is 10.5. The summed E-state index contributed by atoms with van der Waals surface area (Å²) in [6.07, 6.45) is 0. The SMILES string of the molecule is CCOC(=O)C(=NOCc1ccccc1)C(=O)CBr. The molecule has 0 radical (unpaired) electrons. The van der Waals surface area contributed by atoms with Crippen molar-refractivity contribution in [3.63, 3.8) is 0 Å². The molecule has 0 aliphatic rings. The molecule has 0 fully saturated rings. The quantitative estimate of drug-likeness (QED) is 0.253. The van der Waals surface area contributed by atoms with Gasteiger partial charge in [0, 0.05) is 0 Å². The van der Waals surface area contributed by atoms with Gasteiger partial charge in [0.25, 0.3) is 0 Å². The van der Waals surface area contributed by atoms with Gasteiger partial charge in [-0.15, -0.1) is 0 Å². The first kappa shape index (κ1) is 15.4. The van der Waals surface area contributed by atoms with Crippen LogP contribution in [0.3, 0.4) is 0 Å². The number of hydrogen-bond acceptors (Lipinski definition) is 5. The molecule has 0 bridgehead atoms. The van der Waals surface area contributed by atoms with Crippen molar-refractivity contribution < 1.29 is 19.2 Å². The maximum Gasteiger partial charge on any atom is 0.364 e. The summed E-state index contributed by atoms with van der Waals surface area (Å²) in [6, 6.07) is 9.31. The smallest absolute Gasteiger partial charge is 0.364 e. The summed E-state index contributed by atoms with van der Waals surface area (Å²) in [5.74, 6) is -1.26. The van der Waals surface area contributed by atoms with E-state index in [0.29, 0.717) is 0 Å². The van der Waals surface area contributed by atoms with Crippen molar-refractivity contribution >= 4 is 33.4 Å². The predicted molar refractivity (Wildman–Crippen MR) is 74.1 cm³/mol. The molecule has 1 aromatic rings. The fourth-order valence-electron chi connectivity index (χ4n) is 1.21. The molecular weight excluding hydrogens is 314 g/mol. The predicted octanol–water partition coefficient (Wildman–Crippen LogP) is 2.09. The molecule has 0 atom stereocenters. The average Bonchev–Trinajstić information content (AvgIpc) is 2.44. The topological polar surface area (TPSA) is 65.0 Å². The molecule has 19 heavy (non-hydrogen) atoms. The third-order valence-corrected chi connectivity index (χ3v) is 2.59. The molecule has 0 saturated carbocycles. The minimum atomic E-state index is -0.778. The maximum absolute atomic E-state index is 11.5. The number of carbonyl (C=O) groups is 2. The first-order valence-corrected chi connectivity index (χ1v) is 6.81. The lowest BCUT2D eigenvalue weighted by Crippen LogP contribution is -2.27. The van der Waals surface area contributed by atoms with Gasteiger partial charge in [0.1, 0.15) is 6.61 Å². The summed E-state index contributed by atoms with van der Waals surface area (Å²) in [6.45, 7) is 2.00. The van der Waals surface area contributed by atoms with E-state index in [-0.39, 0.29) is 24.3 Å². The molecule has 0 spiro atoms. The Morgan fingerprint density at radius 1 is 1.26 bits per heavy atom. The van der Waals surface area contributed by atoms with E-state index in [4.69, 9.17) is 9.57 Å². The summed E-state index contributed by atoms with van der Waals surface area (Å²) in [5.41, 5.74) is 0.551. The summed E-state index contributed by atoms with van der Waals surface area (Å²) in [4.78, 5) is 28.0. The molecular formula is C13H14BrNO4. The zero-order chi connectivity index (χ0) is 14.1. The number of benzene rings is 1. The largest absolute Gasteiger partial charge is 0.461 e. The van der Waals surface area contributed by atoms with Crippen LogP contribution in [0.1, 0.15) is 12.5 Å². The summed E-state index contributed by atoms with van der Waals surface area (Å²) < 4.78 is 4.74. The van der Waals surface area contributed by atoms with Crippen molar-refractivity contribution in [3.8, 4) is 0 Å². The maximum atomic E-state index is 11.5. The second kappa shape index (κ2) is 8.42. The highest BCUT2D eigenvalue weighted by Crippen LogP contribution is 2.02. The Morgan fingerprint density at radius 3 is 2.53 bits per heavy atom. The lowest BCUT2D eigenvalue weighted by atomic mass is 10.2. The lowest BCUT2D eigenvalue weighted by molar-refractivity contribution is -0.136. The third-order valence-electron chi connectivity index (χ3n) is 2.08. The van der Waals surface area contributed by atoms with Crippen molar-refractivity contribution in [1.29, 1.82) is 0 Å². The molecule has 0 aliphatic heterocycles. The number of carbonyl (C=O) groups excluding carboxylic acids is 2. The lowest BCUT2D eigenvalue weighted by Gasteiger charge is -2.04. The van der Waals surface area contributed by atoms with Crippen LogP contribution >= 0.6 is 15.9 Å². The second-order valence-corrected chi connectivity index (χ2v) is 4.04. The number of rotatable bonds is 7. The van der Waals surface area contributed by atoms with Crippen LogP contribution in [-0.2, 0) is 25.8 Å². The highest BCUT2D eigenvalue weighted by Gasteiger charge is 2.21. The molecule has 5 nitrogen and oxygen atoms in total. The molecule has 6 heteroatoms. The van der Waals surface area contributed by atoms with Gasteiger partial charge in [-0.05, 0) is 12.5 Å². The highest BCUT2D eigenvalue weighted by atomic mass is 79.9. The van der Waals surface area contributed by atoms with Gasteiger partial charge in [0.05, 0.1) is 11.9 Å². The Bertz CT molecular complexity index is 459. The number of halogens is 1. The van der Waals surface area contributed by atoms with Crippen LogP contribution in [0.15, 0.2) is 35.5 Å². The minimum absolute atomic E-state index is 0.0145. The molecule has 0 N–H and O–H groups in total. The molecule has 0 unspecified atom stereocenters. The van der Waals surface area contributed by atoms with Crippen molar-refractivity contribution in [3.05, 3.63) is 35.9 Å². The van der Waals surface area contributed by atoms with Crippen LogP contribution in [0.2, 0.25) is 0 Å². The summed E-state index contributed by atoms with van der Waals surface area (Å²) in [7, 11) is 0. The third kappa shape index (κ3) is 5.21. The van der Waals surface area contributed by atoms with Crippen LogP contribution in [0.25, 0.3) is 0 Å². The Hall–Kier alpha value is -1.69. The molecule has 1 rings (SSSR count). The van der Waals surface area contributed by atoms with E-state index in [1.165, 1.54) is 0 Å². The number of Topliss-reactive ketones (excluding diaryl/α,β-unsaturated/α-hetero) is 1. The monoisotopic (exact) mass is 327 g/mol. The van der Waals surface area contributed by atoms with E-state index < -0.39 is 11.8 Å². The first-order valence-electron chi connectivity index (χ1n) is 5.69. The highest BCUT2D eigenvalue weighted by molar-refractivity contribution is 9.09. The van der Waals surface area contributed by atoms with E-state index in [2.05, 4.69) is 21.1 Å². The van der Waals surface area contributed by atoms with Gasteiger partial charge in [-0.2, -0.15) is 0 Å². The fourth-order valence-corrected chi connectivity index (χ4v) is 1.48. The molecule has 0 saturated heterocycles. The molecule has 0 aliphatic carbocycles. The van der Waals surface area contributed by atoms with Crippen molar-refractivity contribution in [2.24, 2.45) is 5.16 Å². The Morgan fingerprint density at radius 2 is 1.95 bits per heavy atom. The van der Waals surface area contributed by atoms with Crippen LogP contribution in [0.5, 0.6) is 0 Å². The molecule has 0 amide bonds. The average molecular weight is 328 g/mol. The number of nitrogens with zero attached hydrogens (tertiary/aromatic N) is 1. The Kier molecular flexibility index (Phi) is 6.81. The standard InChI is InChI=1S/C13H14BrNO4/c1-2-18-13(17)12(11(16)8-14)15-19-9-10-6-4-3-5-7-10/h3-7H,2,8-9H2,1H3. The van der Waals surface area contributed by atoms with Crippen molar-refractivity contribution in [1.82, 2.24) is 0 Å². The summed E-state index contributed by atoms with van der Waals surface area (Å²) >= 11 is 2.98. The van der Waals surface area contributed by atoms with Gasteiger partial charge in [-0.25, -0.2) is 4.79 Å². The number of oxime groups is 1. The minimum Gasteiger partial charge on any atom is -0.461 e. The van der Waals surface area contributed by atoms with Crippen LogP contribution in [-0.4, -0.2) is 29.4 Å². The van der Waals surface area contributed by atoms with Gasteiger partial charge in [-0.3, -0.25) is 4.79 Å². The van der Waals surface area contributed by atoms with E-state index >= 15 is 0 Å². The molecule has 0 heterocycles. The first-order chi connectivity index (χ1) is 9.19. The molecule has 1 aromatic carbocycles. The van der Waals surface area contributed by atoms with Crippen molar-refractivity contribution in [2.45, 2.75) is 13.5 Å². The number of hydrogen-bond donors (Lipinski definition) is 0. The number of ketones is 1. The Balaban J connectivity index is 2.67. The summed E-state index contributed by atoms with van der Waals surface area (Å²) in [5, 5.41) is 3.56. The number of ether oxygens (including phenoxy) is 1. The molecule has 0 aromatic heterocycles. The fraction of sp³-hybridized carbons (Fsp3) is 0.308. The Labute approximate surface area is 119 Å². The molecule has 102 valence electrons. The number of alkyl halides is 1. The number of esters is 1. The van der Waals surface area contributed by atoms with E-state index in [1.54, 1.807) is 6.92 Å². The van der Waals surface area contributed by atoms with E-state index in [0.717, 1.165) is 5.56 Å². The normalized spacial score (nSPS) is 10.9. The van der Waals surface area contributed by atoms with Crippen molar-refractivity contribution in [2.75, 3.05) is 11.9 Å². The van der Waals surface area contributed by atoms with Crippen LogP contribution < -0.4 is 0 Å². The van der Waals surface area contributed by atoms with E-state index in [9.17, 15) is 9.59 Å². The van der Waals surface area contributed by atoms with Crippen LogP contribution in [0.4, 0.5) is 0 Å². The van der Waals surface area contributed by atoms with Gasteiger partial charge < -0.3 is 9.57 Å². The second-order valence-electron chi connectivity index (χ2n) is 3.48. The van der Waals surface area contributed by atoms with Gasteiger partial charge >= 0.3 is 5.97 Å². The van der Waals surface area contributed by atoms with Gasteiger partial charge in [-0.1, -0.05) is 51.4 Å². The van der Waals surface area contributed by atoms with Gasteiger partial charge in [0.2, 0.25) is 11.5 Å². The van der Waals surface area contributed by atoms with E-state index in [1.807, 2.05) is 30.3 Å². The van der Waals surface area contributed by atoms with Crippen LogP contribution in [0, 0.1) is 0 Å². The van der Waals surface area contributed by atoms with Gasteiger partial charge in [0.15, 0.2) is 0 Å².